The smallest absolute Gasteiger partial charge is 0.407 e. The number of amides is 2. The van der Waals surface area contributed by atoms with Gasteiger partial charge in [0.05, 0.1) is 7.11 Å². The van der Waals surface area contributed by atoms with Crippen LogP contribution in [0.3, 0.4) is 0 Å². The third-order valence-corrected chi connectivity index (χ3v) is 4.23. The average Bonchev–Trinajstić information content (AvgIpc) is 2.76. The van der Waals surface area contributed by atoms with Gasteiger partial charge in [0.25, 0.3) is 0 Å². The van der Waals surface area contributed by atoms with E-state index in [1.807, 2.05) is 60.7 Å². The number of carbonyl (C=O) groups is 3. The molecular weight excluding hydrogens is 372 g/mol. The summed E-state index contributed by atoms with van der Waals surface area (Å²) >= 11 is 0. The molecule has 2 amide bonds. The van der Waals surface area contributed by atoms with Gasteiger partial charge in [0.2, 0.25) is 5.91 Å². The van der Waals surface area contributed by atoms with Crippen LogP contribution < -0.4 is 10.6 Å². The molecule has 0 aliphatic carbocycles. The van der Waals surface area contributed by atoms with E-state index in [2.05, 4.69) is 10.6 Å². The van der Waals surface area contributed by atoms with Gasteiger partial charge in [-0.05, 0) is 30.4 Å². The number of nitrogens with one attached hydrogen (secondary N) is 2. The number of rotatable bonds is 10. The van der Waals surface area contributed by atoms with E-state index in [9.17, 15) is 14.4 Å². The summed E-state index contributed by atoms with van der Waals surface area (Å²) < 4.78 is 9.81. The van der Waals surface area contributed by atoms with Gasteiger partial charge in [0.15, 0.2) is 0 Å². The average molecular weight is 398 g/mol. The second-order valence-corrected chi connectivity index (χ2v) is 6.44. The van der Waals surface area contributed by atoms with Crippen molar-refractivity contribution in [1.29, 1.82) is 0 Å². The second kappa shape index (κ2) is 12.2. The zero-order chi connectivity index (χ0) is 20.9. The van der Waals surface area contributed by atoms with E-state index < -0.39 is 24.0 Å². The standard InChI is InChI=1S/C22H26N2O5/c1-28-21(26)19(14-8-13-17-9-4-2-5-10-17)24-20(25)15-23-22(27)29-16-18-11-6-3-7-12-18/h2-7,9-12,19H,8,13-16H2,1H3,(H,23,27)(H,24,25)/t19-/m0/s1. The normalized spacial score (nSPS) is 11.2. The monoisotopic (exact) mass is 398 g/mol. The maximum atomic E-state index is 12.1. The van der Waals surface area contributed by atoms with E-state index in [-0.39, 0.29) is 13.2 Å². The van der Waals surface area contributed by atoms with Crippen molar-refractivity contribution in [3.63, 3.8) is 0 Å². The summed E-state index contributed by atoms with van der Waals surface area (Å²) in [5.74, 6) is -1.00. The van der Waals surface area contributed by atoms with E-state index >= 15 is 0 Å². The first kappa shape index (κ1) is 21.9. The third kappa shape index (κ3) is 8.47. The van der Waals surface area contributed by atoms with Crippen LogP contribution in [0.25, 0.3) is 0 Å². The predicted octanol–water partition coefficient (Wildman–Crippen LogP) is 2.59. The Kier molecular flexibility index (Phi) is 9.21. The Labute approximate surface area is 170 Å². The molecule has 0 saturated carbocycles. The van der Waals surface area contributed by atoms with Gasteiger partial charge < -0.3 is 20.1 Å². The second-order valence-electron chi connectivity index (χ2n) is 6.44. The molecule has 0 unspecified atom stereocenters. The fourth-order valence-corrected chi connectivity index (χ4v) is 2.72. The van der Waals surface area contributed by atoms with E-state index in [0.717, 1.165) is 17.5 Å². The first-order valence-electron chi connectivity index (χ1n) is 9.44. The van der Waals surface area contributed by atoms with Crippen LogP contribution in [0.5, 0.6) is 0 Å². The highest BCUT2D eigenvalue weighted by molar-refractivity contribution is 5.87. The number of carbonyl (C=O) groups excluding carboxylic acids is 3. The molecule has 0 spiro atoms. The molecule has 2 aromatic rings. The zero-order valence-electron chi connectivity index (χ0n) is 16.4. The first-order valence-corrected chi connectivity index (χ1v) is 9.44. The van der Waals surface area contributed by atoms with Crippen LogP contribution in [0.4, 0.5) is 4.79 Å². The summed E-state index contributed by atoms with van der Waals surface area (Å²) in [4.78, 5) is 35.8. The molecule has 0 fully saturated rings. The molecule has 0 bridgehead atoms. The number of ether oxygens (including phenoxy) is 2. The Hall–Kier alpha value is -3.35. The summed E-state index contributed by atoms with van der Waals surface area (Å²) in [5.41, 5.74) is 2.00. The molecule has 2 rings (SSSR count). The SMILES string of the molecule is COC(=O)[C@H](CCCc1ccccc1)NC(=O)CNC(=O)OCc1ccccc1. The van der Waals surface area contributed by atoms with Gasteiger partial charge in [-0.25, -0.2) is 9.59 Å². The molecule has 0 heterocycles. The van der Waals surface area contributed by atoms with Crippen LogP contribution in [-0.2, 0) is 32.1 Å². The largest absolute Gasteiger partial charge is 0.467 e. The Morgan fingerprint density at radius 3 is 2.17 bits per heavy atom. The molecule has 1 atom stereocenters. The highest BCUT2D eigenvalue weighted by atomic mass is 16.5. The van der Waals surface area contributed by atoms with Crippen LogP contribution in [0, 0.1) is 0 Å². The molecule has 2 N–H and O–H groups in total. The van der Waals surface area contributed by atoms with Crippen molar-refractivity contribution < 1.29 is 23.9 Å². The number of methoxy groups -OCH3 is 1. The van der Waals surface area contributed by atoms with Crippen LogP contribution in [0.1, 0.15) is 24.0 Å². The maximum Gasteiger partial charge on any atom is 0.407 e. The van der Waals surface area contributed by atoms with Crippen molar-refractivity contribution in [1.82, 2.24) is 10.6 Å². The predicted molar refractivity (Wildman–Crippen MR) is 108 cm³/mol. The fourth-order valence-electron chi connectivity index (χ4n) is 2.72. The number of hydrogen-bond acceptors (Lipinski definition) is 5. The summed E-state index contributed by atoms with van der Waals surface area (Å²) in [5, 5.41) is 4.97. The molecule has 2 aromatic carbocycles. The van der Waals surface area contributed by atoms with Gasteiger partial charge in [-0.15, -0.1) is 0 Å². The molecule has 0 aliphatic rings. The minimum absolute atomic E-state index is 0.110. The minimum atomic E-state index is -0.765. The molecular formula is C22H26N2O5. The number of aryl methyl sites for hydroxylation is 1. The Morgan fingerprint density at radius 2 is 1.55 bits per heavy atom. The maximum absolute atomic E-state index is 12.1. The molecule has 0 saturated heterocycles. The van der Waals surface area contributed by atoms with Gasteiger partial charge in [-0.3, -0.25) is 4.79 Å². The lowest BCUT2D eigenvalue weighted by molar-refractivity contribution is -0.145. The number of alkyl carbamates (subject to hydrolysis) is 1. The van der Waals surface area contributed by atoms with Crippen molar-refractivity contribution >= 4 is 18.0 Å². The molecule has 7 nitrogen and oxygen atoms in total. The van der Waals surface area contributed by atoms with Crippen molar-refractivity contribution in [3.8, 4) is 0 Å². The van der Waals surface area contributed by atoms with E-state index in [0.29, 0.717) is 12.8 Å². The Morgan fingerprint density at radius 1 is 0.931 bits per heavy atom. The number of esters is 1. The summed E-state index contributed by atoms with van der Waals surface area (Å²) in [6, 6.07) is 18.3. The first-order chi connectivity index (χ1) is 14.1. The van der Waals surface area contributed by atoms with E-state index in [1.54, 1.807) is 0 Å². The molecule has 0 radical (unpaired) electrons. The third-order valence-electron chi connectivity index (χ3n) is 4.23. The highest BCUT2D eigenvalue weighted by Gasteiger charge is 2.21. The number of hydrogen-bond donors (Lipinski definition) is 2. The molecule has 154 valence electrons. The summed E-state index contributed by atoms with van der Waals surface area (Å²) in [6.45, 7) is -0.182. The van der Waals surface area contributed by atoms with Crippen molar-refractivity contribution in [3.05, 3.63) is 71.8 Å². The van der Waals surface area contributed by atoms with Crippen molar-refractivity contribution in [2.24, 2.45) is 0 Å². The van der Waals surface area contributed by atoms with E-state index in [4.69, 9.17) is 9.47 Å². The van der Waals surface area contributed by atoms with Gasteiger partial charge >= 0.3 is 12.1 Å². The van der Waals surface area contributed by atoms with Crippen LogP contribution in [-0.4, -0.2) is 37.7 Å². The topological polar surface area (TPSA) is 93.7 Å². The van der Waals surface area contributed by atoms with Crippen molar-refractivity contribution in [2.45, 2.75) is 31.9 Å². The van der Waals surface area contributed by atoms with Gasteiger partial charge in [0, 0.05) is 0 Å². The number of benzene rings is 2. The Balaban J connectivity index is 1.72. The van der Waals surface area contributed by atoms with Gasteiger partial charge in [0.1, 0.15) is 19.2 Å². The molecule has 7 heteroatoms. The lowest BCUT2D eigenvalue weighted by Gasteiger charge is -2.16. The molecule has 0 aliphatic heterocycles. The fraction of sp³-hybridized carbons (Fsp3) is 0.318. The van der Waals surface area contributed by atoms with E-state index in [1.165, 1.54) is 7.11 Å². The lowest BCUT2D eigenvalue weighted by Crippen LogP contribution is -2.46. The summed E-state index contributed by atoms with van der Waals surface area (Å²) in [7, 11) is 1.28. The Bertz CT molecular complexity index is 780. The molecule has 0 aromatic heterocycles. The van der Waals surface area contributed by atoms with Crippen LogP contribution in [0.2, 0.25) is 0 Å². The van der Waals surface area contributed by atoms with Gasteiger partial charge in [-0.1, -0.05) is 60.7 Å². The highest BCUT2D eigenvalue weighted by Crippen LogP contribution is 2.07. The van der Waals surface area contributed by atoms with Crippen LogP contribution >= 0.6 is 0 Å². The minimum Gasteiger partial charge on any atom is -0.467 e. The van der Waals surface area contributed by atoms with Crippen molar-refractivity contribution in [2.75, 3.05) is 13.7 Å². The summed E-state index contributed by atoms with van der Waals surface area (Å²) in [6.07, 6.45) is 1.22. The quantitative estimate of drug-likeness (QED) is 0.600. The lowest BCUT2D eigenvalue weighted by atomic mass is 10.0. The van der Waals surface area contributed by atoms with Gasteiger partial charge in [-0.2, -0.15) is 0 Å². The van der Waals surface area contributed by atoms with Crippen LogP contribution in [0.15, 0.2) is 60.7 Å². The molecule has 29 heavy (non-hydrogen) atoms. The zero-order valence-corrected chi connectivity index (χ0v) is 16.4.